The zero-order chi connectivity index (χ0) is 30.7. The van der Waals surface area contributed by atoms with Crippen LogP contribution in [-0.4, -0.2) is 51.6 Å². The average Bonchev–Trinajstić information content (AvgIpc) is 3.05. The number of hydrogen-bond donors (Lipinski definition) is 2. The summed E-state index contributed by atoms with van der Waals surface area (Å²) in [6, 6.07) is 18.8. The van der Waals surface area contributed by atoms with Gasteiger partial charge in [-0.25, -0.2) is 29.5 Å². The number of carbonyl (C=O) groups excluding carboxylic acids is 3. The lowest BCUT2D eigenvalue weighted by Crippen LogP contribution is -2.16. The molecule has 13 heteroatoms. The van der Waals surface area contributed by atoms with Gasteiger partial charge in [0.2, 0.25) is 6.29 Å². The summed E-state index contributed by atoms with van der Waals surface area (Å²) >= 11 is 0. The monoisotopic (exact) mass is 588 g/mol. The number of nitrogens with one attached hydrogen (secondary N) is 2. The van der Waals surface area contributed by atoms with Crippen molar-refractivity contribution in [3.63, 3.8) is 0 Å². The van der Waals surface area contributed by atoms with Crippen LogP contribution in [0.3, 0.4) is 0 Å². The molecule has 4 rings (SSSR count). The van der Waals surface area contributed by atoms with Crippen molar-refractivity contribution in [3.05, 3.63) is 108 Å². The maximum absolute atomic E-state index is 11.8. The molecule has 0 fully saturated rings. The molecule has 0 aliphatic heterocycles. The molecule has 2 heterocycles. The predicted octanol–water partition coefficient (Wildman–Crippen LogP) is 5.33. The van der Waals surface area contributed by atoms with E-state index in [1.165, 1.54) is 24.8 Å². The van der Waals surface area contributed by atoms with Gasteiger partial charge in [-0.3, -0.25) is 15.4 Å². The Bertz CT molecular complexity index is 1390. The summed E-state index contributed by atoms with van der Waals surface area (Å²) in [6.45, 7) is 5.08. The van der Waals surface area contributed by atoms with Crippen LogP contribution in [0.4, 0.5) is 21.0 Å². The minimum absolute atomic E-state index is 0.0585. The molecule has 4 aromatic rings. The zero-order valence-corrected chi connectivity index (χ0v) is 23.7. The van der Waals surface area contributed by atoms with E-state index in [1.807, 2.05) is 74.5 Å². The van der Waals surface area contributed by atoms with Gasteiger partial charge in [-0.15, -0.1) is 0 Å². The molecule has 0 bridgehead atoms. The molecule has 2 amide bonds. The first-order valence-electron chi connectivity index (χ1n) is 13.3. The summed E-state index contributed by atoms with van der Waals surface area (Å²) < 4.78 is 21.0. The second-order valence-electron chi connectivity index (χ2n) is 8.39. The lowest BCUT2D eigenvalue weighted by atomic mass is 10.2. The number of benzene rings is 2. The van der Waals surface area contributed by atoms with E-state index in [4.69, 9.17) is 18.9 Å². The molecule has 224 valence electrons. The third kappa shape index (κ3) is 12.0. The SMILES string of the molecule is CCOC(OCC)c1ncc(NC(=O)OCc2ccccc2)cn1.O=Cc1ncc(NC(=O)OCc2ccccc2)cn1. The Hall–Kier alpha value is -5.27. The van der Waals surface area contributed by atoms with E-state index >= 15 is 0 Å². The summed E-state index contributed by atoms with van der Waals surface area (Å²) in [7, 11) is 0. The smallest absolute Gasteiger partial charge is 0.412 e. The van der Waals surface area contributed by atoms with Crippen molar-refractivity contribution in [2.45, 2.75) is 33.4 Å². The van der Waals surface area contributed by atoms with Crippen LogP contribution in [-0.2, 0) is 32.2 Å². The third-order valence-corrected chi connectivity index (χ3v) is 5.21. The van der Waals surface area contributed by atoms with E-state index in [-0.39, 0.29) is 19.0 Å². The van der Waals surface area contributed by atoms with Crippen LogP contribution < -0.4 is 10.6 Å². The normalized spacial score (nSPS) is 10.2. The molecule has 2 N–H and O–H groups in total. The van der Waals surface area contributed by atoms with E-state index in [1.54, 1.807) is 0 Å². The van der Waals surface area contributed by atoms with Gasteiger partial charge in [0.05, 0.1) is 36.2 Å². The van der Waals surface area contributed by atoms with Gasteiger partial charge >= 0.3 is 12.2 Å². The summed E-state index contributed by atoms with van der Waals surface area (Å²) in [4.78, 5) is 49.4. The molecule has 2 aromatic heterocycles. The van der Waals surface area contributed by atoms with Gasteiger partial charge in [-0.2, -0.15) is 0 Å². The van der Waals surface area contributed by atoms with Gasteiger partial charge in [0, 0.05) is 13.2 Å². The third-order valence-electron chi connectivity index (χ3n) is 5.21. The second-order valence-corrected chi connectivity index (χ2v) is 8.39. The van der Waals surface area contributed by atoms with Crippen LogP contribution in [0.25, 0.3) is 0 Å². The minimum Gasteiger partial charge on any atom is -0.444 e. The van der Waals surface area contributed by atoms with Crippen molar-refractivity contribution in [3.8, 4) is 0 Å². The van der Waals surface area contributed by atoms with E-state index in [0.717, 1.165) is 11.1 Å². The fourth-order valence-electron chi connectivity index (χ4n) is 3.24. The average molecular weight is 589 g/mol. The summed E-state index contributed by atoms with van der Waals surface area (Å²) in [6.07, 6.45) is 4.37. The molecule has 0 atom stereocenters. The highest BCUT2D eigenvalue weighted by Crippen LogP contribution is 2.16. The standard InChI is InChI=1S/C17H21N3O4.C13H11N3O3/c1-3-22-16(23-4-2)15-18-10-14(11-19-15)20-17(21)24-12-13-8-6-5-7-9-13;17-8-12-14-6-11(7-15-12)16-13(18)19-9-10-4-2-1-3-5-10/h5-11,16H,3-4,12H2,1-2H3,(H,20,21);1-8H,9H2,(H,16,18). The quantitative estimate of drug-likeness (QED) is 0.162. The maximum Gasteiger partial charge on any atom is 0.412 e. The Kier molecular flexibility index (Phi) is 13.7. The van der Waals surface area contributed by atoms with Crippen molar-refractivity contribution in [2.24, 2.45) is 0 Å². The number of aldehydes is 1. The van der Waals surface area contributed by atoms with Gasteiger partial charge in [0.25, 0.3) is 0 Å². The summed E-state index contributed by atoms with van der Waals surface area (Å²) in [5.41, 5.74) is 2.60. The van der Waals surface area contributed by atoms with E-state index < -0.39 is 18.5 Å². The maximum atomic E-state index is 11.8. The van der Waals surface area contributed by atoms with Crippen molar-refractivity contribution < 1.29 is 33.3 Å². The topological polar surface area (TPSA) is 164 Å². The molecule has 13 nitrogen and oxygen atoms in total. The van der Waals surface area contributed by atoms with Crippen LogP contribution >= 0.6 is 0 Å². The number of anilines is 2. The van der Waals surface area contributed by atoms with Crippen LogP contribution in [0.5, 0.6) is 0 Å². The van der Waals surface area contributed by atoms with Gasteiger partial charge in [-0.1, -0.05) is 60.7 Å². The highest BCUT2D eigenvalue weighted by atomic mass is 16.7. The first-order valence-corrected chi connectivity index (χ1v) is 13.3. The molecule has 0 aliphatic carbocycles. The number of rotatable bonds is 12. The van der Waals surface area contributed by atoms with Gasteiger partial charge in [0.1, 0.15) is 13.2 Å². The number of ether oxygens (including phenoxy) is 4. The Morgan fingerprint density at radius 2 is 1.12 bits per heavy atom. The van der Waals surface area contributed by atoms with E-state index in [9.17, 15) is 14.4 Å². The van der Waals surface area contributed by atoms with Crippen LogP contribution in [0.2, 0.25) is 0 Å². The predicted molar refractivity (Wildman–Crippen MR) is 156 cm³/mol. The number of aromatic nitrogens is 4. The highest BCUT2D eigenvalue weighted by Gasteiger charge is 2.15. The van der Waals surface area contributed by atoms with Crippen LogP contribution in [0, 0.1) is 0 Å². The van der Waals surface area contributed by atoms with Crippen LogP contribution in [0.1, 0.15) is 47.7 Å². The van der Waals surface area contributed by atoms with Crippen molar-refractivity contribution in [1.29, 1.82) is 0 Å². The molecular weight excluding hydrogens is 556 g/mol. The minimum atomic E-state index is -0.612. The van der Waals surface area contributed by atoms with Gasteiger partial charge in [0.15, 0.2) is 17.9 Å². The van der Waals surface area contributed by atoms with Crippen molar-refractivity contribution in [1.82, 2.24) is 19.9 Å². The van der Waals surface area contributed by atoms with Gasteiger partial charge < -0.3 is 18.9 Å². The fraction of sp³-hybridized carbons (Fsp3) is 0.233. The molecule has 2 aromatic carbocycles. The second kappa shape index (κ2) is 18.2. The number of hydrogen-bond acceptors (Lipinski definition) is 11. The first kappa shape index (κ1) is 32.2. The Morgan fingerprint density at radius 3 is 1.51 bits per heavy atom. The number of nitrogens with zero attached hydrogens (tertiary/aromatic N) is 4. The molecule has 0 saturated heterocycles. The lowest BCUT2D eigenvalue weighted by molar-refractivity contribution is -0.145. The molecule has 0 radical (unpaired) electrons. The molecule has 0 spiro atoms. The Morgan fingerprint density at radius 1 is 0.698 bits per heavy atom. The van der Waals surface area contributed by atoms with Crippen molar-refractivity contribution >= 4 is 29.8 Å². The van der Waals surface area contributed by atoms with E-state index in [2.05, 4.69) is 30.6 Å². The lowest BCUT2D eigenvalue weighted by Gasteiger charge is -2.15. The molecule has 0 aliphatic rings. The Balaban J connectivity index is 0.000000242. The molecule has 43 heavy (non-hydrogen) atoms. The molecule has 0 saturated carbocycles. The summed E-state index contributed by atoms with van der Waals surface area (Å²) in [5.74, 6) is 0.463. The van der Waals surface area contributed by atoms with Gasteiger partial charge in [-0.05, 0) is 25.0 Å². The largest absolute Gasteiger partial charge is 0.444 e. The Labute approximate surface area is 248 Å². The summed E-state index contributed by atoms with van der Waals surface area (Å²) in [5, 5.41) is 5.04. The molecule has 0 unspecified atom stereocenters. The highest BCUT2D eigenvalue weighted by molar-refractivity contribution is 5.84. The van der Waals surface area contributed by atoms with E-state index in [0.29, 0.717) is 36.7 Å². The number of carbonyl (C=O) groups is 3. The first-order chi connectivity index (χ1) is 21.0. The van der Waals surface area contributed by atoms with Crippen LogP contribution in [0.15, 0.2) is 85.5 Å². The molecular formula is C30H32N6O7. The zero-order valence-electron chi connectivity index (χ0n) is 23.7. The van der Waals surface area contributed by atoms with Crippen molar-refractivity contribution in [2.75, 3.05) is 23.8 Å². The fourth-order valence-corrected chi connectivity index (χ4v) is 3.24. The number of amides is 2.